The Labute approximate surface area is 162 Å². The lowest BCUT2D eigenvalue weighted by Gasteiger charge is -1.99. The van der Waals surface area contributed by atoms with Gasteiger partial charge in [0.1, 0.15) is 5.75 Å². The second-order valence-electron chi connectivity index (χ2n) is 4.74. The Bertz CT molecular complexity index is 866. The second kappa shape index (κ2) is 9.01. The van der Waals surface area contributed by atoms with Gasteiger partial charge in [0.05, 0.1) is 12.9 Å². The number of hydrogen-bond donors (Lipinski definition) is 1. The highest BCUT2D eigenvalue weighted by Crippen LogP contribution is 2.26. The molecule has 0 spiro atoms. The second-order valence-corrected chi connectivity index (χ2v) is 8.16. The Morgan fingerprint density at radius 1 is 1.19 bits per heavy atom. The molecule has 0 atom stereocenters. The van der Waals surface area contributed by atoms with Crippen molar-refractivity contribution in [1.29, 1.82) is 0 Å². The molecule has 0 aliphatic heterocycles. The van der Waals surface area contributed by atoms with Gasteiger partial charge in [-0.1, -0.05) is 41.8 Å². The molecule has 0 unspecified atom stereocenters. The molecule has 2 heterocycles. The summed E-state index contributed by atoms with van der Waals surface area (Å²) in [5, 5.41) is 19.4. The van der Waals surface area contributed by atoms with Crippen LogP contribution >= 0.6 is 34.9 Å². The van der Waals surface area contributed by atoms with Crippen LogP contribution in [0.15, 0.2) is 38.2 Å². The Morgan fingerprint density at radius 3 is 2.73 bits per heavy atom. The minimum absolute atomic E-state index is 0.139. The zero-order valence-corrected chi connectivity index (χ0v) is 16.4. The van der Waals surface area contributed by atoms with Crippen molar-refractivity contribution in [1.82, 2.24) is 20.4 Å². The highest BCUT2D eigenvalue weighted by molar-refractivity contribution is 8.01. The molecular weight excluding hydrogens is 394 g/mol. The Kier molecular flexibility index (Phi) is 6.47. The standard InChI is InChI=1S/C15H15N5O3S3/c1-3-24-15-20-18-13(26-15)16-11(21)8-25-14-19-17-12(23-14)9-4-6-10(22-2)7-5-9/h4-7H,3,8H2,1-2H3,(H,16,18,21). The van der Waals surface area contributed by atoms with Gasteiger partial charge in [0.25, 0.3) is 5.22 Å². The van der Waals surface area contributed by atoms with E-state index in [1.165, 1.54) is 11.3 Å². The molecule has 0 saturated heterocycles. The lowest BCUT2D eigenvalue weighted by molar-refractivity contribution is -0.113. The van der Waals surface area contributed by atoms with Crippen LogP contribution in [0.5, 0.6) is 5.75 Å². The summed E-state index contributed by atoms with van der Waals surface area (Å²) < 4.78 is 11.5. The van der Waals surface area contributed by atoms with Crippen molar-refractivity contribution in [2.45, 2.75) is 16.5 Å². The zero-order chi connectivity index (χ0) is 18.4. The number of carbonyl (C=O) groups is 1. The molecular formula is C15H15N5O3S3. The Morgan fingerprint density at radius 2 is 2.00 bits per heavy atom. The molecule has 136 valence electrons. The summed E-state index contributed by atoms with van der Waals surface area (Å²) in [4.78, 5) is 12.0. The van der Waals surface area contributed by atoms with Crippen LogP contribution in [0.25, 0.3) is 11.5 Å². The number of ether oxygens (including phenoxy) is 1. The van der Waals surface area contributed by atoms with Crippen molar-refractivity contribution in [2.75, 3.05) is 23.9 Å². The van der Waals surface area contributed by atoms with E-state index in [-0.39, 0.29) is 11.7 Å². The summed E-state index contributed by atoms with van der Waals surface area (Å²) in [6, 6.07) is 7.28. The van der Waals surface area contributed by atoms with Crippen molar-refractivity contribution in [3.8, 4) is 17.2 Å². The largest absolute Gasteiger partial charge is 0.497 e. The number of amides is 1. The van der Waals surface area contributed by atoms with E-state index in [1.54, 1.807) is 18.9 Å². The number of aromatic nitrogens is 4. The van der Waals surface area contributed by atoms with Gasteiger partial charge in [-0.3, -0.25) is 10.1 Å². The van der Waals surface area contributed by atoms with E-state index in [1.807, 2.05) is 31.2 Å². The van der Waals surface area contributed by atoms with Gasteiger partial charge < -0.3 is 9.15 Å². The predicted octanol–water partition coefficient (Wildman–Crippen LogP) is 3.44. The number of rotatable bonds is 8. The molecule has 3 aromatic rings. The van der Waals surface area contributed by atoms with Crippen molar-refractivity contribution >= 4 is 45.9 Å². The average molecular weight is 410 g/mol. The summed E-state index contributed by atoms with van der Waals surface area (Å²) in [5.74, 6) is 1.98. The molecule has 0 aliphatic rings. The van der Waals surface area contributed by atoms with E-state index in [9.17, 15) is 4.79 Å². The van der Waals surface area contributed by atoms with E-state index in [0.29, 0.717) is 16.2 Å². The van der Waals surface area contributed by atoms with Crippen molar-refractivity contribution in [2.24, 2.45) is 0 Å². The molecule has 1 N–H and O–H groups in total. The van der Waals surface area contributed by atoms with Crippen LogP contribution in [0.2, 0.25) is 0 Å². The average Bonchev–Trinajstić information content (AvgIpc) is 3.30. The van der Waals surface area contributed by atoms with Crippen LogP contribution in [0.1, 0.15) is 6.92 Å². The number of nitrogens with zero attached hydrogens (tertiary/aromatic N) is 4. The fourth-order valence-electron chi connectivity index (χ4n) is 1.84. The van der Waals surface area contributed by atoms with Crippen molar-refractivity contribution < 1.29 is 13.9 Å². The summed E-state index contributed by atoms with van der Waals surface area (Å²) in [6.07, 6.45) is 0. The maximum Gasteiger partial charge on any atom is 0.277 e. The van der Waals surface area contributed by atoms with Crippen LogP contribution in [-0.2, 0) is 4.79 Å². The first kappa shape index (κ1) is 18.7. The molecule has 0 saturated carbocycles. The van der Waals surface area contributed by atoms with Crippen LogP contribution < -0.4 is 10.1 Å². The predicted molar refractivity (Wildman–Crippen MR) is 102 cm³/mol. The third kappa shape index (κ3) is 4.96. The van der Waals surface area contributed by atoms with Crippen molar-refractivity contribution in [3.05, 3.63) is 24.3 Å². The first-order valence-corrected chi connectivity index (χ1v) is 10.3. The quantitative estimate of drug-likeness (QED) is 0.442. The molecule has 0 fully saturated rings. The van der Waals surface area contributed by atoms with Gasteiger partial charge in [-0.25, -0.2) is 0 Å². The lowest BCUT2D eigenvalue weighted by Crippen LogP contribution is -2.13. The summed E-state index contributed by atoms with van der Waals surface area (Å²) in [5.41, 5.74) is 0.782. The zero-order valence-electron chi connectivity index (χ0n) is 14.0. The number of anilines is 1. The highest BCUT2D eigenvalue weighted by atomic mass is 32.2. The van der Waals surface area contributed by atoms with Crippen LogP contribution in [0.4, 0.5) is 5.13 Å². The first-order chi connectivity index (χ1) is 12.7. The van der Waals surface area contributed by atoms with E-state index < -0.39 is 0 Å². The fourth-order valence-corrected chi connectivity index (χ4v) is 4.07. The van der Waals surface area contributed by atoms with E-state index >= 15 is 0 Å². The van der Waals surface area contributed by atoms with Gasteiger partial charge in [-0.05, 0) is 30.0 Å². The first-order valence-electron chi connectivity index (χ1n) is 7.55. The van der Waals surface area contributed by atoms with Gasteiger partial charge in [0, 0.05) is 5.56 Å². The Hall–Kier alpha value is -2.11. The molecule has 1 aromatic carbocycles. The molecule has 1 amide bonds. The summed E-state index contributed by atoms with van der Waals surface area (Å²) in [6.45, 7) is 2.03. The van der Waals surface area contributed by atoms with E-state index in [0.717, 1.165) is 33.2 Å². The summed E-state index contributed by atoms with van der Waals surface area (Å²) >= 11 is 4.10. The number of thioether (sulfide) groups is 2. The molecule has 8 nitrogen and oxygen atoms in total. The van der Waals surface area contributed by atoms with Crippen molar-refractivity contribution in [3.63, 3.8) is 0 Å². The fraction of sp³-hybridized carbons (Fsp3) is 0.267. The van der Waals surface area contributed by atoms with Gasteiger partial charge in [0.15, 0.2) is 4.34 Å². The third-order valence-corrected chi connectivity index (χ3v) is 5.66. The van der Waals surface area contributed by atoms with E-state index in [2.05, 4.69) is 25.7 Å². The van der Waals surface area contributed by atoms with Gasteiger partial charge >= 0.3 is 0 Å². The molecule has 0 bridgehead atoms. The van der Waals surface area contributed by atoms with Crippen LogP contribution in [0, 0.1) is 0 Å². The third-order valence-electron chi connectivity index (χ3n) is 2.99. The van der Waals surface area contributed by atoms with Gasteiger partial charge in [0.2, 0.25) is 16.9 Å². The lowest BCUT2D eigenvalue weighted by atomic mass is 10.2. The number of hydrogen-bond acceptors (Lipinski definition) is 10. The minimum atomic E-state index is -0.205. The molecule has 26 heavy (non-hydrogen) atoms. The molecule has 0 aliphatic carbocycles. The number of carbonyl (C=O) groups excluding carboxylic acids is 1. The van der Waals surface area contributed by atoms with Gasteiger partial charge in [-0.15, -0.1) is 20.4 Å². The topological polar surface area (TPSA) is 103 Å². The maximum atomic E-state index is 12.0. The monoisotopic (exact) mass is 409 g/mol. The SMILES string of the molecule is CCSc1nnc(NC(=O)CSc2nnc(-c3ccc(OC)cc3)o2)s1. The number of methoxy groups -OCH3 is 1. The number of nitrogens with one attached hydrogen (secondary N) is 1. The molecule has 0 radical (unpaired) electrons. The Balaban J connectivity index is 1.52. The van der Waals surface area contributed by atoms with Gasteiger partial charge in [-0.2, -0.15) is 0 Å². The normalized spacial score (nSPS) is 10.7. The minimum Gasteiger partial charge on any atom is -0.497 e. The summed E-state index contributed by atoms with van der Waals surface area (Å²) in [7, 11) is 1.60. The molecule has 2 aromatic heterocycles. The highest BCUT2D eigenvalue weighted by Gasteiger charge is 2.13. The van der Waals surface area contributed by atoms with Crippen LogP contribution in [-0.4, -0.2) is 44.9 Å². The molecule has 3 rings (SSSR count). The maximum absolute atomic E-state index is 12.0. The number of benzene rings is 1. The smallest absolute Gasteiger partial charge is 0.277 e. The van der Waals surface area contributed by atoms with Crippen LogP contribution in [0.3, 0.4) is 0 Å². The van der Waals surface area contributed by atoms with E-state index in [4.69, 9.17) is 9.15 Å². The molecule has 11 heteroatoms.